The predicted molar refractivity (Wildman–Crippen MR) is 68.3 cm³/mol. The highest BCUT2D eigenvalue weighted by Crippen LogP contribution is 2.32. The quantitative estimate of drug-likeness (QED) is 0.541. The molecule has 88 valence electrons. The van der Waals surface area contributed by atoms with Crippen molar-refractivity contribution < 1.29 is 4.43 Å². The van der Waals surface area contributed by atoms with Gasteiger partial charge in [0.2, 0.25) is 8.32 Å². The third-order valence-corrected chi connectivity index (χ3v) is 3.87. The third-order valence-electron chi connectivity index (χ3n) is 3.00. The maximum absolute atomic E-state index is 6.02. The molecule has 1 fully saturated rings. The van der Waals surface area contributed by atoms with Gasteiger partial charge < -0.3 is 9.33 Å². The third kappa shape index (κ3) is 3.65. The molecule has 0 bridgehead atoms. The first-order valence-corrected chi connectivity index (χ1v) is 9.30. The first kappa shape index (κ1) is 12.8. The van der Waals surface area contributed by atoms with Gasteiger partial charge in [0, 0.05) is 19.0 Å². The van der Waals surface area contributed by atoms with E-state index in [0.29, 0.717) is 5.92 Å². The molecule has 15 heavy (non-hydrogen) atoms. The lowest BCUT2D eigenvalue weighted by molar-refractivity contribution is 0.306. The fourth-order valence-electron chi connectivity index (χ4n) is 2.33. The van der Waals surface area contributed by atoms with E-state index in [-0.39, 0.29) is 0 Å². The Morgan fingerprint density at radius 2 is 2.00 bits per heavy atom. The summed E-state index contributed by atoms with van der Waals surface area (Å²) in [6, 6.07) is 0. The van der Waals surface area contributed by atoms with E-state index >= 15 is 0 Å². The van der Waals surface area contributed by atoms with E-state index in [2.05, 4.69) is 45.1 Å². The van der Waals surface area contributed by atoms with Crippen LogP contribution in [0.15, 0.2) is 12.3 Å². The summed E-state index contributed by atoms with van der Waals surface area (Å²) in [7, 11) is 0.715. The average molecular weight is 227 g/mol. The summed E-state index contributed by atoms with van der Waals surface area (Å²) in [6.45, 7) is 15.4. The van der Waals surface area contributed by atoms with Gasteiger partial charge in [0.15, 0.2) is 0 Å². The van der Waals surface area contributed by atoms with E-state index in [1.165, 1.54) is 13.0 Å². The summed E-state index contributed by atoms with van der Waals surface area (Å²) < 4.78 is 6.02. The van der Waals surface area contributed by atoms with Crippen molar-refractivity contribution in [3.05, 3.63) is 12.3 Å². The molecule has 3 heteroatoms. The van der Waals surface area contributed by atoms with E-state index < -0.39 is 8.32 Å². The molecule has 1 heterocycles. The Labute approximate surface area is 95.4 Å². The molecule has 1 unspecified atom stereocenters. The molecule has 0 aromatic rings. The van der Waals surface area contributed by atoms with Crippen molar-refractivity contribution in [2.75, 3.05) is 20.1 Å². The Balaban J connectivity index is 2.59. The SMILES string of the molecule is C=C(O[Si](C)(C)C)[C@H]1CN(C)CC1CC. The minimum atomic E-state index is -1.47. The Morgan fingerprint density at radius 3 is 2.47 bits per heavy atom. The van der Waals surface area contributed by atoms with Crippen LogP contribution in [0.5, 0.6) is 0 Å². The maximum Gasteiger partial charge on any atom is 0.241 e. The van der Waals surface area contributed by atoms with Gasteiger partial charge in [-0.25, -0.2) is 0 Å². The van der Waals surface area contributed by atoms with Crippen LogP contribution in [-0.2, 0) is 4.43 Å². The van der Waals surface area contributed by atoms with Crippen LogP contribution in [0.25, 0.3) is 0 Å². The van der Waals surface area contributed by atoms with E-state index in [9.17, 15) is 0 Å². The topological polar surface area (TPSA) is 12.5 Å². The maximum atomic E-state index is 6.02. The molecule has 0 spiro atoms. The molecular weight excluding hydrogens is 202 g/mol. The fourth-order valence-corrected chi connectivity index (χ4v) is 3.27. The fraction of sp³-hybridized carbons (Fsp3) is 0.833. The summed E-state index contributed by atoms with van der Waals surface area (Å²) in [5.41, 5.74) is 0. The van der Waals surface area contributed by atoms with Crippen LogP contribution in [0, 0.1) is 11.8 Å². The summed E-state index contributed by atoms with van der Waals surface area (Å²) in [4.78, 5) is 2.39. The molecule has 2 atom stereocenters. The Bertz CT molecular complexity index is 234. The second-order valence-corrected chi connectivity index (χ2v) is 10.1. The van der Waals surface area contributed by atoms with Crippen LogP contribution >= 0.6 is 0 Å². The molecule has 2 nitrogen and oxygen atoms in total. The highest BCUT2D eigenvalue weighted by atomic mass is 28.4. The van der Waals surface area contributed by atoms with Crippen molar-refractivity contribution in [1.82, 2.24) is 4.90 Å². The second-order valence-electron chi connectivity index (χ2n) is 5.68. The van der Waals surface area contributed by atoms with Crippen molar-refractivity contribution in [2.24, 2.45) is 11.8 Å². The molecule has 1 aliphatic heterocycles. The molecular formula is C12H25NOSi. The van der Waals surface area contributed by atoms with Crippen LogP contribution < -0.4 is 0 Å². The van der Waals surface area contributed by atoms with Gasteiger partial charge in [-0.2, -0.15) is 0 Å². The van der Waals surface area contributed by atoms with Gasteiger partial charge >= 0.3 is 0 Å². The zero-order valence-corrected chi connectivity index (χ0v) is 11.8. The molecule has 0 aliphatic carbocycles. The molecule has 0 radical (unpaired) electrons. The molecule has 0 saturated carbocycles. The van der Waals surface area contributed by atoms with E-state index in [1.54, 1.807) is 0 Å². The van der Waals surface area contributed by atoms with E-state index in [4.69, 9.17) is 4.43 Å². The first-order chi connectivity index (χ1) is 6.83. The number of rotatable bonds is 4. The van der Waals surface area contributed by atoms with Crippen LogP contribution in [-0.4, -0.2) is 33.4 Å². The number of hydrogen-bond donors (Lipinski definition) is 0. The largest absolute Gasteiger partial charge is 0.548 e. The standard InChI is InChI=1S/C12H25NOSi/c1-7-11-8-13(3)9-12(11)10(2)14-15(4,5)6/h11-12H,2,7-9H2,1,3-6H3/t11?,12-/m1/s1. The molecule has 0 N–H and O–H groups in total. The average Bonchev–Trinajstić information content (AvgIpc) is 2.43. The van der Waals surface area contributed by atoms with Crippen molar-refractivity contribution in [3.63, 3.8) is 0 Å². The van der Waals surface area contributed by atoms with Gasteiger partial charge in [-0.1, -0.05) is 19.9 Å². The normalized spacial score (nSPS) is 28.1. The number of hydrogen-bond acceptors (Lipinski definition) is 2. The van der Waals surface area contributed by atoms with Crippen LogP contribution in [0.3, 0.4) is 0 Å². The summed E-state index contributed by atoms with van der Waals surface area (Å²) in [5.74, 6) is 2.32. The molecule has 0 aromatic heterocycles. The highest BCUT2D eigenvalue weighted by molar-refractivity contribution is 6.70. The van der Waals surface area contributed by atoms with Crippen molar-refractivity contribution in [3.8, 4) is 0 Å². The van der Waals surface area contributed by atoms with Crippen LogP contribution in [0.2, 0.25) is 19.6 Å². The summed E-state index contributed by atoms with van der Waals surface area (Å²) in [6.07, 6.45) is 1.23. The van der Waals surface area contributed by atoms with Crippen LogP contribution in [0.1, 0.15) is 13.3 Å². The molecule has 1 aliphatic rings. The van der Waals surface area contributed by atoms with Crippen molar-refractivity contribution >= 4 is 8.32 Å². The number of nitrogens with zero attached hydrogens (tertiary/aromatic N) is 1. The number of likely N-dealkylation sites (tertiary alicyclic amines) is 1. The molecule has 1 rings (SSSR count). The van der Waals surface area contributed by atoms with Gasteiger partial charge in [-0.05, 0) is 32.6 Å². The summed E-state index contributed by atoms with van der Waals surface area (Å²) >= 11 is 0. The van der Waals surface area contributed by atoms with Crippen molar-refractivity contribution in [2.45, 2.75) is 33.0 Å². The Morgan fingerprint density at radius 1 is 1.40 bits per heavy atom. The first-order valence-electron chi connectivity index (χ1n) is 5.90. The van der Waals surface area contributed by atoms with Gasteiger partial charge in [0.1, 0.15) is 0 Å². The highest BCUT2D eigenvalue weighted by Gasteiger charge is 2.33. The molecule has 1 saturated heterocycles. The molecule has 0 amide bonds. The smallest absolute Gasteiger partial charge is 0.241 e. The van der Waals surface area contributed by atoms with E-state index in [1.807, 2.05) is 0 Å². The second kappa shape index (κ2) is 4.70. The monoisotopic (exact) mass is 227 g/mol. The van der Waals surface area contributed by atoms with Gasteiger partial charge in [-0.3, -0.25) is 0 Å². The minimum absolute atomic E-state index is 0.548. The predicted octanol–water partition coefficient (Wildman–Crippen LogP) is 2.94. The zero-order chi connectivity index (χ0) is 11.6. The zero-order valence-electron chi connectivity index (χ0n) is 10.8. The lowest BCUT2D eigenvalue weighted by Crippen LogP contribution is -2.29. The Kier molecular flexibility index (Phi) is 4.01. The lowest BCUT2D eigenvalue weighted by Gasteiger charge is -2.27. The minimum Gasteiger partial charge on any atom is -0.548 e. The van der Waals surface area contributed by atoms with Gasteiger partial charge in [0.05, 0.1) is 5.76 Å². The van der Waals surface area contributed by atoms with Crippen molar-refractivity contribution in [1.29, 1.82) is 0 Å². The van der Waals surface area contributed by atoms with E-state index in [0.717, 1.165) is 18.2 Å². The van der Waals surface area contributed by atoms with Gasteiger partial charge in [0.25, 0.3) is 0 Å². The summed E-state index contributed by atoms with van der Waals surface area (Å²) in [5, 5.41) is 0. The van der Waals surface area contributed by atoms with Crippen LogP contribution in [0.4, 0.5) is 0 Å². The molecule has 0 aromatic carbocycles. The Hall–Kier alpha value is -0.283. The van der Waals surface area contributed by atoms with Gasteiger partial charge in [-0.15, -0.1) is 0 Å². The lowest BCUT2D eigenvalue weighted by atomic mass is 9.92.